The van der Waals surface area contributed by atoms with Crippen LogP contribution in [-0.4, -0.2) is 14.9 Å². The molecule has 0 unspecified atom stereocenters. The van der Waals surface area contributed by atoms with Gasteiger partial charge in [-0.2, -0.15) is 4.98 Å². The van der Waals surface area contributed by atoms with E-state index in [1.165, 1.54) is 6.92 Å². The van der Waals surface area contributed by atoms with Crippen LogP contribution in [0, 0.1) is 17.0 Å². The zero-order valence-electron chi connectivity index (χ0n) is 10.7. The van der Waals surface area contributed by atoms with Crippen molar-refractivity contribution in [3.05, 3.63) is 51.7 Å². The Bertz CT molecular complexity index is 618. The first-order chi connectivity index (χ1) is 9.61. The van der Waals surface area contributed by atoms with Crippen molar-refractivity contribution in [3.63, 3.8) is 0 Å². The molecule has 0 aliphatic carbocycles. The van der Waals surface area contributed by atoms with E-state index >= 15 is 0 Å². The number of nitro groups is 1. The van der Waals surface area contributed by atoms with Crippen LogP contribution in [0.2, 0.25) is 0 Å². The number of benzene rings is 1. The Hall–Kier alpha value is -2.74. The zero-order valence-corrected chi connectivity index (χ0v) is 10.7. The van der Waals surface area contributed by atoms with Gasteiger partial charge in [-0.1, -0.05) is 30.3 Å². The molecule has 0 atom stereocenters. The molecule has 0 spiro atoms. The van der Waals surface area contributed by atoms with Crippen molar-refractivity contribution in [1.29, 1.82) is 0 Å². The van der Waals surface area contributed by atoms with Crippen LogP contribution >= 0.6 is 0 Å². The standard InChI is InChI=1S/C12H13N5O3/c1-8-10(17(18)19)11(15-12(14-8)16-13)20-7-9-5-3-2-4-6-9/h2-6H,7,13H2,1H3,(H,14,15,16). The number of nitrogens with one attached hydrogen (secondary N) is 1. The summed E-state index contributed by atoms with van der Waals surface area (Å²) in [5.41, 5.74) is 3.04. The van der Waals surface area contributed by atoms with Crippen LogP contribution < -0.4 is 16.0 Å². The lowest BCUT2D eigenvalue weighted by Gasteiger charge is -2.08. The first-order valence-corrected chi connectivity index (χ1v) is 5.78. The molecule has 0 saturated heterocycles. The molecule has 0 amide bonds. The van der Waals surface area contributed by atoms with Crippen LogP contribution in [0.4, 0.5) is 11.6 Å². The van der Waals surface area contributed by atoms with Crippen LogP contribution in [0.15, 0.2) is 30.3 Å². The highest BCUT2D eigenvalue weighted by Crippen LogP contribution is 2.29. The van der Waals surface area contributed by atoms with Gasteiger partial charge in [0.15, 0.2) is 0 Å². The Morgan fingerprint density at radius 2 is 2.05 bits per heavy atom. The summed E-state index contributed by atoms with van der Waals surface area (Å²) in [4.78, 5) is 18.2. The number of aromatic nitrogens is 2. The first kappa shape index (κ1) is 13.7. The van der Waals surface area contributed by atoms with E-state index in [4.69, 9.17) is 10.6 Å². The fourth-order valence-corrected chi connectivity index (χ4v) is 1.64. The maximum Gasteiger partial charge on any atom is 0.352 e. The van der Waals surface area contributed by atoms with Gasteiger partial charge in [-0.25, -0.2) is 10.8 Å². The molecule has 8 heteroatoms. The van der Waals surface area contributed by atoms with Gasteiger partial charge in [0.05, 0.1) is 4.92 Å². The van der Waals surface area contributed by atoms with E-state index < -0.39 is 4.92 Å². The minimum Gasteiger partial charge on any atom is -0.468 e. The second-order valence-electron chi connectivity index (χ2n) is 3.96. The largest absolute Gasteiger partial charge is 0.468 e. The number of nitrogens with zero attached hydrogens (tertiary/aromatic N) is 3. The summed E-state index contributed by atoms with van der Waals surface area (Å²) in [6.45, 7) is 1.66. The van der Waals surface area contributed by atoms with Crippen molar-refractivity contribution in [3.8, 4) is 5.88 Å². The van der Waals surface area contributed by atoms with Gasteiger partial charge >= 0.3 is 5.69 Å². The molecule has 0 saturated carbocycles. The number of nitrogens with two attached hydrogens (primary N) is 1. The Morgan fingerprint density at radius 3 is 2.65 bits per heavy atom. The van der Waals surface area contributed by atoms with Crippen molar-refractivity contribution in [2.75, 3.05) is 5.43 Å². The molecule has 2 aromatic rings. The van der Waals surface area contributed by atoms with Crippen LogP contribution in [0.3, 0.4) is 0 Å². The van der Waals surface area contributed by atoms with E-state index in [0.29, 0.717) is 0 Å². The fraction of sp³-hybridized carbons (Fsp3) is 0.167. The monoisotopic (exact) mass is 275 g/mol. The number of hydrogen-bond acceptors (Lipinski definition) is 7. The molecule has 1 heterocycles. The summed E-state index contributed by atoms with van der Waals surface area (Å²) < 4.78 is 5.42. The number of nitrogen functional groups attached to an aromatic ring is 1. The third-order valence-electron chi connectivity index (χ3n) is 2.56. The Morgan fingerprint density at radius 1 is 1.35 bits per heavy atom. The third-order valence-corrected chi connectivity index (χ3v) is 2.56. The van der Waals surface area contributed by atoms with Gasteiger partial charge in [-0.05, 0) is 12.5 Å². The highest BCUT2D eigenvalue weighted by molar-refractivity contribution is 5.48. The van der Waals surface area contributed by atoms with Crippen LogP contribution in [0.5, 0.6) is 5.88 Å². The van der Waals surface area contributed by atoms with E-state index in [0.717, 1.165) is 5.56 Å². The maximum absolute atomic E-state index is 11.0. The predicted octanol–water partition coefficient (Wildman–Crippen LogP) is 1.56. The number of ether oxygens (including phenoxy) is 1. The topological polar surface area (TPSA) is 116 Å². The van der Waals surface area contributed by atoms with Gasteiger partial charge in [-0.3, -0.25) is 15.5 Å². The van der Waals surface area contributed by atoms with E-state index in [1.54, 1.807) is 0 Å². The van der Waals surface area contributed by atoms with Crippen LogP contribution in [0.25, 0.3) is 0 Å². The van der Waals surface area contributed by atoms with Gasteiger partial charge in [0.2, 0.25) is 5.95 Å². The molecule has 104 valence electrons. The Kier molecular flexibility index (Phi) is 4.06. The van der Waals surface area contributed by atoms with Gasteiger partial charge in [0.25, 0.3) is 5.88 Å². The lowest BCUT2D eigenvalue weighted by atomic mass is 10.2. The molecule has 0 aliphatic rings. The van der Waals surface area contributed by atoms with Crippen LogP contribution in [-0.2, 0) is 6.61 Å². The normalized spacial score (nSPS) is 10.1. The smallest absolute Gasteiger partial charge is 0.352 e. The average Bonchev–Trinajstić information content (AvgIpc) is 2.45. The first-order valence-electron chi connectivity index (χ1n) is 5.78. The van der Waals surface area contributed by atoms with Gasteiger partial charge in [0.1, 0.15) is 12.3 Å². The number of rotatable bonds is 5. The van der Waals surface area contributed by atoms with E-state index in [2.05, 4.69) is 15.4 Å². The van der Waals surface area contributed by atoms with E-state index in [-0.39, 0.29) is 29.8 Å². The third kappa shape index (κ3) is 2.98. The fourth-order valence-electron chi connectivity index (χ4n) is 1.64. The molecule has 0 fully saturated rings. The summed E-state index contributed by atoms with van der Waals surface area (Å²) in [6.07, 6.45) is 0. The zero-order chi connectivity index (χ0) is 14.5. The minimum absolute atomic E-state index is 0.0659. The van der Waals surface area contributed by atoms with Crippen molar-refractivity contribution in [2.24, 2.45) is 5.84 Å². The average molecular weight is 275 g/mol. The van der Waals surface area contributed by atoms with Gasteiger partial charge < -0.3 is 4.74 Å². The molecule has 0 bridgehead atoms. The molecule has 3 N–H and O–H groups in total. The quantitative estimate of drug-likeness (QED) is 0.483. The van der Waals surface area contributed by atoms with Gasteiger partial charge in [-0.15, -0.1) is 0 Å². The lowest BCUT2D eigenvalue weighted by Crippen LogP contribution is -2.13. The summed E-state index contributed by atoms with van der Waals surface area (Å²) in [5, 5.41) is 11.0. The summed E-state index contributed by atoms with van der Waals surface area (Å²) in [7, 11) is 0. The van der Waals surface area contributed by atoms with Crippen molar-refractivity contribution in [2.45, 2.75) is 13.5 Å². The Balaban J connectivity index is 2.29. The number of hydrogen-bond donors (Lipinski definition) is 2. The van der Waals surface area contributed by atoms with E-state index in [9.17, 15) is 10.1 Å². The molecule has 2 rings (SSSR count). The second-order valence-corrected chi connectivity index (χ2v) is 3.96. The van der Waals surface area contributed by atoms with E-state index in [1.807, 2.05) is 30.3 Å². The minimum atomic E-state index is -0.573. The summed E-state index contributed by atoms with van der Waals surface area (Å²) in [6, 6.07) is 9.28. The van der Waals surface area contributed by atoms with Crippen molar-refractivity contribution >= 4 is 11.6 Å². The lowest BCUT2D eigenvalue weighted by molar-refractivity contribution is -0.387. The molecule has 8 nitrogen and oxygen atoms in total. The van der Waals surface area contributed by atoms with Crippen molar-refractivity contribution < 1.29 is 9.66 Å². The highest BCUT2D eigenvalue weighted by Gasteiger charge is 2.23. The number of anilines is 1. The van der Waals surface area contributed by atoms with Crippen molar-refractivity contribution in [1.82, 2.24) is 9.97 Å². The SMILES string of the molecule is Cc1nc(NN)nc(OCc2ccccc2)c1[N+](=O)[O-]. The Labute approximate surface area is 114 Å². The predicted molar refractivity (Wildman–Crippen MR) is 72.0 cm³/mol. The van der Waals surface area contributed by atoms with Crippen LogP contribution in [0.1, 0.15) is 11.3 Å². The summed E-state index contributed by atoms with van der Waals surface area (Å²) >= 11 is 0. The molecular weight excluding hydrogens is 262 g/mol. The highest BCUT2D eigenvalue weighted by atomic mass is 16.6. The molecular formula is C12H13N5O3. The molecule has 0 radical (unpaired) electrons. The van der Waals surface area contributed by atoms with Gasteiger partial charge in [0, 0.05) is 0 Å². The molecule has 1 aromatic carbocycles. The summed E-state index contributed by atoms with van der Waals surface area (Å²) in [5.74, 6) is 5.17. The molecule has 1 aromatic heterocycles. The number of aryl methyl sites for hydroxylation is 1. The number of hydrazine groups is 1. The maximum atomic E-state index is 11.0. The second kappa shape index (κ2) is 5.93. The molecule has 0 aliphatic heterocycles. The molecule has 20 heavy (non-hydrogen) atoms.